The van der Waals surface area contributed by atoms with Gasteiger partial charge in [0.2, 0.25) is 5.75 Å². The van der Waals surface area contributed by atoms with Crippen LogP contribution in [-0.2, 0) is 0 Å². The number of hydrogen-bond acceptors (Lipinski definition) is 3. The first kappa shape index (κ1) is 12.3. The van der Waals surface area contributed by atoms with Gasteiger partial charge in [0.15, 0.2) is 11.5 Å². The minimum atomic E-state index is -0.471. The van der Waals surface area contributed by atoms with Crippen molar-refractivity contribution in [1.29, 1.82) is 0 Å². The average molecular weight is 244 g/mol. The largest absolute Gasteiger partial charge is 0.504 e. The van der Waals surface area contributed by atoms with E-state index in [9.17, 15) is 15.3 Å². The van der Waals surface area contributed by atoms with Crippen LogP contribution in [0.25, 0.3) is 11.1 Å². The molecule has 0 saturated carbocycles. The number of benzene rings is 2. The van der Waals surface area contributed by atoms with Crippen molar-refractivity contribution in [3.05, 3.63) is 41.0 Å². The van der Waals surface area contributed by atoms with Gasteiger partial charge in [-0.1, -0.05) is 23.8 Å². The topological polar surface area (TPSA) is 60.7 Å². The first-order valence-electron chi connectivity index (χ1n) is 5.74. The van der Waals surface area contributed by atoms with Crippen LogP contribution in [0.15, 0.2) is 24.3 Å². The van der Waals surface area contributed by atoms with Crippen LogP contribution in [0.5, 0.6) is 17.2 Å². The molecule has 3 N–H and O–H groups in total. The Morgan fingerprint density at radius 1 is 0.778 bits per heavy atom. The zero-order chi connectivity index (χ0) is 13.4. The van der Waals surface area contributed by atoms with Crippen molar-refractivity contribution in [1.82, 2.24) is 0 Å². The van der Waals surface area contributed by atoms with Gasteiger partial charge < -0.3 is 15.3 Å². The molecule has 0 spiro atoms. The molecule has 0 radical (unpaired) electrons. The zero-order valence-electron chi connectivity index (χ0n) is 10.7. The zero-order valence-corrected chi connectivity index (χ0v) is 10.7. The molecule has 0 aliphatic heterocycles. The highest BCUT2D eigenvalue weighted by molar-refractivity contribution is 5.77. The molecule has 0 heterocycles. The van der Waals surface area contributed by atoms with Crippen LogP contribution < -0.4 is 0 Å². The second kappa shape index (κ2) is 4.26. The summed E-state index contributed by atoms with van der Waals surface area (Å²) in [5, 5.41) is 28.8. The summed E-state index contributed by atoms with van der Waals surface area (Å²) in [6.07, 6.45) is 0. The van der Waals surface area contributed by atoms with Gasteiger partial charge in [0.05, 0.1) is 0 Å². The fourth-order valence-corrected chi connectivity index (χ4v) is 2.14. The fraction of sp³-hybridized carbons (Fsp3) is 0.200. The van der Waals surface area contributed by atoms with E-state index in [0.29, 0.717) is 5.56 Å². The number of aromatic hydroxyl groups is 3. The first-order valence-corrected chi connectivity index (χ1v) is 5.74. The molecule has 2 aromatic rings. The molecule has 0 aliphatic carbocycles. The summed E-state index contributed by atoms with van der Waals surface area (Å²) in [6.45, 7) is 5.70. The Balaban J connectivity index is 2.72. The fourth-order valence-electron chi connectivity index (χ4n) is 2.14. The van der Waals surface area contributed by atoms with Gasteiger partial charge in [-0.15, -0.1) is 0 Å². The Kier molecular flexibility index (Phi) is 2.91. The molecule has 3 heteroatoms. The molecule has 0 saturated heterocycles. The van der Waals surface area contributed by atoms with Crippen molar-refractivity contribution >= 4 is 0 Å². The standard InChI is InChI=1S/C15H16O3/c1-8-4-5-11(9(2)6-8)12-7-13(16)15(18)14(17)10(12)3/h4-7,16-18H,1-3H3. The van der Waals surface area contributed by atoms with E-state index < -0.39 is 5.75 Å². The van der Waals surface area contributed by atoms with E-state index in [2.05, 4.69) is 0 Å². The Morgan fingerprint density at radius 3 is 2.06 bits per heavy atom. The molecule has 3 nitrogen and oxygen atoms in total. The summed E-state index contributed by atoms with van der Waals surface area (Å²) >= 11 is 0. The maximum Gasteiger partial charge on any atom is 0.200 e. The monoisotopic (exact) mass is 244 g/mol. The van der Waals surface area contributed by atoms with Crippen molar-refractivity contribution < 1.29 is 15.3 Å². The van der Waals surface area contributed by atoms with E-state index in [-0.39, 0.29) is 11.5 Å². The van der Waals surface area contributed by atoms with Crippen molar-refractivity contribution in [3.8, 4) is 28.4 Å². The Labute approximate surface area is 106 Å². The quantitative estimate of drug-likeness (QED) is 0.674. The van der Waals surface area contributed by atoms with E-state index in [1.807, 2.05) is 32.0 Å². The molecule has 0 fully saturated rings. The molecule has 0 aromatic heterocycles. The third-order valence-corrected chi connectivity index (χ3v) is 3.18. The predicted octanol–water partition coefficient (Wildman–Crippen LogP) is 3.40. The highest BCUT2D eigenvalue weighted by atomic mass is 16.3. The third kappa shape index (κ3) is 1.88. The van der Waals surface area contributed by atoms with Crippen LogP contribution >= 0.6 is 0 Å². The van der Waals surface area contributed by atoms with Crippen molar-refractivity contribution in [2.45, 2.75) is 20.8 Å². The van der Waals surface area contributed by atoms with Crippen molar-refractivity contribution in [3.63, 3.8) is 0 Å². The maximum atomic E-state index is 9.76. The first-order chi connectivity index (χ1) is 8.41. The van der Waals surface area contributed by atoms with Crippen LogP contribution in [0.4, 0.5) is 0 Å². The summed E-state index contributed by atoms with van der Waals surface area (Å²) in [7, 11) is 0. The molecule has 2 rings (SSSR count). The SMILES string of the molecule is Cc1ccc(-c2cc(O)c(O)c(O)c2C)c(C)c1. The normalized spacial score (nSPS) is 10.6. The van der Waals surface area contributed by atoms with Gasteiger partial charge in [0.25, 0.3) is 0 Å². The van der Waals surface area contributed by atoms with E-state index in [0.717, 1.165) is 22.3 Å². The van der Waals surface area contributed by atoms with Crippen LogP contribution in [-0.4, -0.2) is 15.3 Å². The van der Waals surface area contributed by atoms with Gasteiger partial charge >= 0.3 is 0 Å². The molecule has 0 amide bonds. The van der Waals surface area contributed by atoms with E-state index in [1.165, 1.54) is 6.07 Å². The summed E-state index contributed by atoms with van der Waals surface area (Å²) < 4.78 is 0. The van der Waals surface area contributed by atoms with Crippen molar-refractivity contribution in [2.75, 3.05) is 0 Å². The van der Waals surface area contributed by atoms with Gasteiger partial charge in [-0.25, -0.2) is 0 Å². The van der Waals surface area contributed by atoms with Crippen LogP contribution in [0.1, 0.15) is 16.7 Å². The average Bonchev–Trinajstić information content (AvgIpc) is 2.32. The van der Waals surface area contributed by atoms with Gasteiger partial charge in [0, 0.05) is 5.56 Å². The number of phenolic OH excluding ortho intramolecular Hbond substituents is 3. The number of rotatable bonds is 1. The molecule has 94 valence electrons. The molecule has 0 aliphatic rings. The second-order valence-corrected chi connectivity index (χ2v) is 4.58. The lowest BCUT2D eigenvalue weighted by Crippen LogP contribution is -1.89. The van der Waals surface area contributed by atoms with Gasteiger partial charge in [0.1, 0.15) is 0 Å². The Hall–Kier alpha value is -2.16. The summed E-state index contributed by atoms with van der Waals surface area (Å²) in [4.78, 5) is 0. The molecular formula is C15H16O3. The van der Waals surface area contributed by atoms with Gasteiger partial charge in [-0.05, 0) is 43.5 Å². The number of phenols is 3. The smallest absolute Gasteiger partial charge is 0.200 e. The number of hydrogen-bond donors (Lipinski definition) is 3. The van der Waals surface area contributed by atoms with E-state index in [1.54, 1.807) is 6.92 Å². The van der Waals surface area contributed by atoms with Crippen molar-refractivity contribution in [2.24, 2.45) is 0 Å². The lowest BCUT2D eigenvalue weighted by atomic mass is 9.94. The molecule has 0 atom stereocenters. The Morgan fingerprint density at radius 2 is 1.44 bits per heavy atom. The van der Waals surface area contributed by atoms with Crippen LogP contribution in [0.2, 0.25) is 0 Å². The number of aryl methyl sites for hydroxylation is 2. The lowest BCUT2D eigenvalue weighted by Gasteiger charge is -2.13. The van der Waals surface area contributed by atoms with E-state index in [4.69, 9.17) is 0 Å². The lowest BCUT2D eigenvalue weighted by molar-refractivity contribution is 0.366. The van der Waals surface area contributed by atoms with Gasteiger partial charge in [-0.2, -0.15) is 0 Å². The minimum absolute atomic E-state index is 0.273. The predicted molar refractivity (Wildman–Crippen MR) is 71.1 cm³/mol. The van der Waals surface area contributed by atoms with Crippen LogP contribution in [0.3, 0.4) is 0 Å². The summed E-state index contributed by atoms with van der Waals surface area (Å²) in [5.74, 6) is -1.06. The molecule has 0 unspecified atom stereocenters. The summed E-state index contributed by atoms with van der Waals surface area (Å²) in [6, 6.07) is 7.43. The highest BCUT2D eigenvalue weighted by Crippen LogP contribution is 2.43. The summed E-state index contributed by atoms with van der Waals surface area (Å²) in [5.41, 5.74) is 4.42. The second-order valence-electron chi connectivity index (χ2n) is 4.58. The van der Waals surface area contributed by atoms with Crippen LogP contribution in [0, 0.1) is 20.8 Å². The molecule has 0 bridgehead atoms. The minimum Gasteiger partial charge on any atom is -0.504 e. The maximum absolute atomic E-state index is 9.76. The molecule has 18 heavy (non-hydrogen) atoms. The molecule has 2 aromatic carbocycles. The third-order valence-electron chi connectivity index (χ3n) is 3.18. The molecular weight excluding hydrogens is 228 g/mol. The highest BCUT2D eigenvalue weighted by Gasteiger charge is 2.15. The van der Waals surface area contributed by atoms with E-state index >= 15 is 0 Å². The Bertz CT molecular complexity index is 616. The van der Waals surface area contributed by atoms with Gasteiger partial charge in [-0.3, -0.25) is 0 Å².